The molecule has 1 unspecified atom stereocenters. The summed E-state index contributed by atoms with van der Waals surface area (Å²) in [6, 6.07) is 17.1. The quantitative estimate of drug-likeness (QED) is 0.510. The fourth-order valence-corrected chi connectivity index (χ4v) is 4.08. The molecule has 3 aromatic rings. The van der Waals surface area contributed by atoms with Gasteiger partial charge < -0.3 is 10.6 Å². The molecule has 0 bridgehead atoms. The smallest absolute Gasteiger partial charge is 0.265 e. The van der Waals surface area contributed by atoms with Gasteiger partial charge >= 0.3 is 0 Å². The number of amides is 2. The van der Waals surface area contributed by atoms with Crippen molar-refractivity contribution in [1.29, 1.82) is 0 Å². The van der Waals surface area contributed by atoms with Crippen LogP contribution in [0.1, 0.15) is 27.7 Å². The second-order valence-corrected chi connectivity index (χ2v) is 8.81. The van der Waals surface area contributed by atoms with Crippen LogP contribution in [0.25, 0.3) is 0 Å². The van der Waals surface area contributed by atoms with Gasteiger partial charge in [-0.05, 0) is 73.7 Å². The predicted molar refractivity (Wildman–Crippen MR) is 119 cm³/mol. The number of thioether (sulfide) groups is 1. The molecule has 0 radical (unpaired) electrons. The molecule has 3 rings (SSSR count). The van der Waals surface area contributed by atoms with Crippen molar-refractivity contribution in [2.75, 3.05) is 10.6 Å². The number of rotatable bonds is 6. The Morgan fingerprint density at radius 2 is 1.71 bits per heavy atom. The van der Waals surface area contributed by atoms with Gasteiger partial charge in [0.2, 0.25) is 5.91 Å². The molecule has 1 atom stereocenters. The van der Waals surface area contributed by atoms with Crippen LogP contribution < -0.4 is 10.6 Å². The largest absolute Gasteiger partial charge is 0.325 e. The predicted octanol–water partition coefficient (Wildman–Crippen LogP) is 5.74. The van der Waals surface area contributed by atoms with Crippen molar-refractivity contribution >= 4 is 46.3 Å². The molecule has 0 aliphatic rings. The molecular weight excluding hydrogens is 388 g/mol. The summed E-state index contributed by atoms with van der Waals surface area (Å²) < 4.78 is 0. The van der Waals surface area contributed by atoms with E-state index < -0.39 is 0 Å². The van der Waals surface area contributed by atoms with Gasteiger partial charge in [0, 0.05) is 16.3 Å². The van der Waals surface area contributed by atoms with Gasteiger partial charge in [-0.2, -0.15) is 0 Å². The highest BCUT2D eigenvalue weighted by Gasteiger charge is 2.16. The van der Waals surface area contributed by atoms with Crippen molar-refractivity contribution in [3.63, 3.8) is 0 Å². The highest BCUT2D eigenvalue weighted by Crippen LogP contribution is 2.27. The van der Waals surface area contributed by atoms with Gasteiger partial charge in [-0.1, -0.05) is 18.2 Å². The first-order chi connectivity index (χ1) is 13.4. The Balaban J connectivity index is 1.58. The van der Waals surface area contributed by atoms with E-state index in [-0.39, 0.29) is 17.1 Å². The van der Waals surface area contributed by atoms with E-state index in [4.69, 9.17) is 0 Å². The number of carbonyl (C=O) groups is 2. The third kappa shape index (κ3) is 5.03. The highest BCUT2D eigenvalue weighted by molar-refractivity contribution is 8.00. The maximum absolute atomic E-state index is 12.5. The lowest BCUT2D eigenvalue weighted by Gasteiger charge is -2.15. The molecule has 1 heterocycles. The van der Waals surface area contributed by atoms with E-state index in [0.29, 0.717) is 4.88 Å². The molecule has 0 saturated heterocycles. The number of aryl methyl sites for hydroxylation is 1. The number of carbonyl (C=O) groups excluding carboxylic acids is 2. The molecule has 4 nitrogen and oxygen atoms in total. The monoisotopic (exact) mass is 410 g/mol. The minimum absolute atomic E-state index is 0.0335. The second-order valence-electron chi connectivity index (χ2n) is 6.45. The van der Waals surface area contributed by atoms with Gasteiger partial charge in [0.05, 0.1) is 10.1 Å². The third-order valence-electron chi connectivity index (χ3n) is 4.40. The third-order valence-corrected chi connectivity index (χ3v) is 6.38. The summed E-state index contributed by atoms with van der Waals surface area (Å²) in [5.41, 5.74) is 3.82. The zero-order chi connectivity index (χ0) is 20.1. The normalized spacial score (nSPS) is 11.7. The van der Waals surface area contributed by atoms with E-state index in [1.165, 1.54) is 23.1 Å². The van der Waals surface area contributed by atoms with Gasteiger partial charge in [0.25, 0.3) is 5.91 Å². The Labute approximate surface area is 173 Å². The van der Waals surface area contributed by atoms with Gasteiger partial charge in [-0.25, -0.2) is 0 Å². The van der Waals surface area contributed by atoms with Gasteiger partial charge in [0.15, 0.2) is 0 Å². The van der Waals surface area contributed by atoms with Gasteiger partial charge in [-0.15, -0.1) is 23.1 Å². The maximum Gasteiger partial charge on any atom is 0.265 e. The molecule has 2 amide bonds. The molecule has 0 aliphatic carbocycles. The van der Waals surface area contributed by atoms with E-state index in [0.717, 1.165) is 27.4 Å². The number of thiophene rings is 1. The minimum Gasteiger partial charge on any atom is -0.325 e. The molecule has 2 N–H and O–H groups in total. The zero-order valence-corrected chi connectivity index (χ0v) is 17.6. The van der Waals surface area contributed by atoms with Crippen molar-refractivity contribution in [2.45, 2.75) is 30.9 Å². The maximum atomic E-state index is 12.5. The Kier molecular flexibility index (Phi) is 6.54. The molecule has 1 aromatic heterocycles. The first-order valence-corrected chi connectivity index (χ1v) is 10.7. The highest BCUT2D eigenvalue weighted by atomic mass is 32.2. The number of nitrogens with one attached hydrogen (secondary N) is 2. The van der Waals surface area contributed by atoms with Crippen LogP contribution in [-0.2, 0) is 4.79 Å². The van der Waals surface area contributed by atoms with Crippen LogP contribution in [0.2, 0.25) is 0 Å². The lowest BCUT2D eigenvalue weighted by Crippen LogP contribution is -2.22. The van der Waals surface area contributed by atoms with E-state index in [1.54, 1.807) is 6.07 Å². The van der Waals surface area contributed by atoms with Crippen LogP contribution >= 0.6 is 23.1 Å². The number of anilines is 2. The standard InChI is InChI=1S/C22H22N2O2S2/c1-14-6-4-7-19(15(14)2)24-21(25)16(3)28-18-11-9-17(10-12-18)23-22(26)20-8-5-13-27-20/h4-13,16H,1-3H3,(H,23,26)(H,24,25). The molecule has 0 aliphatic heterocycles. The Morgan fingerprint density at radius 3 is 2.39 bits per heavy atom. The zero-order valence-electron chi connectivity index (χ0n) is 16.0. The van der Waals surface area contributed by atoms with Gasteiger partial charge in [0.1, 0.15) is 0 Å². The van der Waals surface area contributed by atoms with Crippen LogP contribution in [-0.4, -0.2) is 17.1 Å². The van der Waals surface area contributed by atoms with Crippen molar-refractivity contribution in [1.82, 2.24) is 0 Å². The summed E-state index contributed by atoms with van der Waals surface area (Å²) in [7, 11) is 0. The summed E-state index contributed by atoms with van der Waals surface area (Å²) >= 11 is 2.89. The van der Waals surface area contributed by atoms with Crippen LogP contribution in [0.4, 0.5) is 11.4 Å². The summed E-state index contributed by atoms with van der Waals surface area (Å²) in [4.78, 5) is 26.3. The van der Waals surface area contributed by atoms with E-state index in [1.807, 2.05) is 74.7 Å². The fourth-order valence-electron chi connectivity index (χ4n) is 2.60. The van der Waals surface area contributed by atoms with Crippen molar-refractivity contribution in [3.05, 3.63) is 76.0 Å². The fraction of sp³-hybridized carbons (Fsp3) is 0.182. The summed E-state index contributed by atoms with van der Waals surface area (Å²) in [5, 5.41) is 7.51. The van der Waals surface area contributed by atoms with E-state index in [2.05, 4.69) is 10.6 Å². The van der Waals surface area contributed by atoms with E-state index in [9.17, 15) is 9.59 Å². The Bertz CT molecular complexity index is 967. The molecular formula is C22H22N2O2S2. The topological polar surface area (TPSA) is 58.2 Å². The van der Waals surface area contributed by atoms with Crippen LogP contribution in [0.5, 0.6) is 0 Å². The number of hydrogen-bond acceptors (Lipinski definition) is 4. The molecule has 0 spiro atoms. The average Bonchev–Trinajstić information content (AvgIpc) is 3.22. The van der Waals surface area contributed by atoms with Crippen LogP contribution in [0, 0.1) is 13.8 Å². The molecule has 6 heteroatoms. The molecule has 0 saturated carbocycles. The molecule has 144 valence electrons. The first kappa shape index (κ1) is 20.2. The van der Waals surface area contributed by atoms with Crippen molar-refractivity contribution in [2.24, 2.45) is 0 Å². The molecule has 28 heavy (non-hydrogen) atoms. The summed E-state index contributed by atoms with van der Waals surface area (Å²) in [5.74, 6) is -0.148. The minimum atomic E-state index is -0.244. The van der Waals surface area contributed by atoms with E-state index >= 15 is 0 Å². The lowest BCUT2D eigenvalue weighted by atomic mass is 10.1. The van der Waals surface area contributed by atoms with Crippen LogP contribution in [0.3, 0.4) is 0 Å². The van der Waals surface area contributed by atoms with Crippen molar-refractivity contribution in [3.8, 4) is 0 Å². The van der Waals surface area contributed by atoms with Crippen LogP contribution in [0.15, 0.2) is 64.9 Å². The van der Waals surface area contributed by atoms with Gasteiger partial charge in [-0.3, -0.25) is 9.59 Å². The SMILES string of the molecule is Cc1cccc(NC(=O)C(C)Sc2ccc(NC(=O)c3cccs3)cc2)c1C. The molecule has 0 fully saturated rings. The lowest BCUT2D eigenvalue weighted by molar-refractivity contribution is -0.115. The summed E-state index contributed by atoms with van der Waals surface area (Å²) in [6.45, 7) is 5.92. The Morgan fingerprint density at radius 1 is 0.964 bits per heavy atom. The number of hydrogen-bond donors (Lipinski definition) is 2. The summed E-state index contributed by atoms with van der Waals surface area (Å²) in [6.07, 6.45) is 0. The Hall–Kier alpha value is -2.57. The molecule has 2 aromatic carbocycles. The number of benzene rings is 2. The van der Waals surface area contributed by atoms with Crippen molar-refractivity contribution < 1.29 is 9.59 Å². The second kappa shape index (κ2) is 9.08. The first-order valence-electron chi connectivity index (χ1n) is 8.92. The average molecular weight is 411 g/mol.